The van der Waals surface area contributed by atoms with Crippen LogP contribution >= 0.6 is 0 Å². The Balaban J connectivity index is 1.35. The van der Waals surface area contributed by atoms with Crippen LogP contribution in [0.25, 0.3) is 6.08 Å². The highest BCUT2D eigenvalue weighted by atomic mass is 19.1. The van der Waals surface area contributed by atoms with Gasteiger partial charge in [0.2, 0.25) is 5.91 Å². The van der Waals surface area contributed by atoms with Gasteiger partial charge >= 0.3 is 0 Å². The maximum Gasteiger partial charge on any atom is 0.246 e. The molecule has 1 aromatic carbocycles. The first-order chi connectivity index (χ1) is 14.6. The summed E-state index contributed by atoms with van der Waals surface area (Å²) >= 11 is 0. The van der Waals surface area contributed by atoms with Gasteiger partial charge in [-0.2, -0.15) is 5.10 Å². The number of anilines is 2. The molecule has 4 rings (SSSR count). The van der Waals surface area contributed by atoms with Gasteiger partial charge in [0.1, 0.15) is 11.6 Å². The molecule has 9 heteroatoms. The monoisotopic (exact) mass is 415 g/mol. The van der Waals surface area contributed by atoms with Crippen LogP contribution in [0.2, 0.25) is 0 Å². The van der Waals surface area contributed by atoms with Crippen molar-refractivity contribution in [2.45, 2.75) is 0 Å². The van der Waals surface area contributed by atoms with E-state index in [9.17, 15) is 13.6 Å². The second-order valence-corrected chi connectivity index (χ2v) is 7.18. The van der Waals surface area contributed by atoms with Crippen molar-refractivity contribution in [1.82, 2.24) is 15.1 Å². The van der Waals surface area contributed by atoms with Crippen molar-refractivity contribution < 1.29 is 18.3 Å². The minimum atomic E-state index is -0.566. The number of amides is 1. The van der Waals surface area contributed by atoms with Gasteiger partial charge in [-0.05, 0) is 24.3 Å². The van der Waals surface area contributed by atoms with Crippen LogP contribution in [0, 0.1) is 11.6 Å². The first-order valence-corrected chi connectivity index (χ1v) is 9.92. The Morgan fingerprint density at radius 1 is 1.00 bits per heavy atom. The molecule has 0 unspecified atom stereocenters. The molecular formula is C21H23F2N5O2. The third-order valence-electron chi connectivity index (χ3n) is 5.28. The second-order valence-electron chi connectivity index (χ2n) is 7.18. The molecule has 0 spiro atoms. The maximum absolute atomic E-state index is 13.7. The van der Waals surface area contributed by atoms with Crippen molar-refractivity contribution in [1.29, 1.82) is 0 Å². The lowest BCUT2D eigenvalue weighted by Crippen LogP contribution is -2.48. The molecule has 1 aromatic heterocycles. The molecule has 1 amide bonds. The molecular weight excluding hydrogens is 392 g/mol. The van der Waals surface area contributed by atoms with E-state index in [1.807, 2.05) is 6.07 Å². The fourth-order valence-electron chi connectivity index (χ4n) is 3.56. The third kappa shape index (κ3) is 4.73. The van der Waals surface area contributed by atoms with Crippen LogP contribution in [0.5, 0.6) is 0 Å². The minimum absolute atomic E-state index is 0.0530. The molecule has 3 heterocycles. The highest BCUT2D eigenvalue weighted by molar-refractivity contribution is 5.92. The maximum atomic E-state index is 13.7. The SMILES string of the molecule is O=C(/C=C/c1cc(F)ccc1F)N1CCN(c2cc(N3CCOCC3)cnn2)CC1. The molecule has 30 heavy (non-hydrogen) atoms. The summed E-state index contributed by atoms with van der Waals surface area (Å²) < 4.78 is 32.3. The summed E-state index contributed by atoms with van der Waals surface area (Å²) in [4.78, 5) is 18.4. The highest BCUT2D eigenvalue weighted by Gasteiger charge is 2.22. The molecule has 7 nitrogen and oxygen atoms in total. The number of hydrogen-bond acceptors (Lipinski definition) is 6. The van der Waals surface area contributed by atoms with Gasteiger partial charge in [0, 0.05) is 57.0 Å². The number of aromatic nitrogens is 2. The fourth-order valence-corrected chi connectivity index (χ4v) is 3.56. The average Bonchev–Trinajstić information content (AvgIpc) is 2.80. The van der Waals surface area contributed by atoms with Crippen molar-refractivity contribution in [3.63, 3.8) is 0 Å². The first kappa shape index (κ1) is 20.2. The van der Waals surface area contributed by atoms with Gasteiger partial charge in [-0.1, -0.05) is 0 Å². The van der Waals surface area contributed by atoms with Crippen LogP contribution in [0.4, 0.5) is 20.3 Å². The Bertz CT molecular complexity index is 925. The van der Waals surface area contributed by atoms with Crippen LogP contribution < -0.4 is 9.80 Å². The van der Waals surface area contributed by atoms with E-state index in [2.05, 4.69) is 20.0 Å². The minimum Gasteiger partial charge on any atom is -0.378 e. The van der Waals surface area contributed by atoms with Crippen LogP contribution in [0.3, 0.4) is 0 Å². The summed E-state index contributed by atoms with van der Waals surface area (Å²) in [5, 5.41) is 8.38. The number of rotatable bonds is 4. The quantitative estimate of drug-likeness (QED) is 0.712. The third-order valence-corrected chi connectivity index (χ3v) is 5.28. The lowest BCUT2D eigenvalue weighted by molar-refractivity contribution is -0.126. The second kappa shape index (κ2) is 9.17. The first-order valence-electron chi connectivity index (χ1n) is 9.92. The smallest absolute Gasteiger partial charge is 0.246 e. The van der Waals surface area contributed by atoms with E-state index in [0.717, 1.165) is 42.8 Å². The number of ether oxygens (including phenoxy) is 1. The van der Waals surface area contributed by atoms with Crippen LogP contribution in [0.1, 0.15) is 5.56 Å². The van der Waals surface area contributed by atoms with Crippen molar-refractivity contribution in [3.05, 3.63) is 53.7 Å². The van der Waals surface area contributed by atoms with Gasteiger partial charge in [-0.15, -0.1) is 5.10 Å². The molecule has 0 atom stereocenters. The summed E-state index contributed by atoms with van der Waals surface area (Å²) in [5.41, 5.74) is 1.07. The largest absolute Gasteiger partial charge is 0.378 e. The summed E-state index contributed by atoms with van der Waals surface area (Å²) in [6.07, 6.45) is 4.35. The van der Waals surface area contributed by atoms with Crippen LogP contribution in [-0.2, 0) is 9.53 Å². The number of benzene rings is 1. The van der Waals surface area contributed by atoms with E-state index in [1.54, 1.807) is 11.1 Å². The van der Waals surface area contributed by atoms with Crippen molar-refractivity contribution >= 4 is 23.5 Å². The normalized spacial score (nSPS) is 17.6. The number of nitrogens with zero attached hydrogens (tertiary/aromatic N) is 5. The topological polar surface area (TPSA) is 61.8 Å². The highest BCUT2D eigenvalue weighted by Crippen LogP contribution is 2.21. The van der Waals surface area contributed by atoms with Gasteiger partial charge in [-0.25, -0.2) is 8.78 Å². The predicted molar refractivity (Wildman–Crippen MR) is 109 cm³/mol. The lowest BCUT2D eigenvalue weighted by Gasteiger charge is -2.35. The molecule has 2 aliphatic heterocycles. The Morgan fingerprint density at radius 2 is 1.77 bits per heavy atom. The van der Waals surface area contributed by atoms with E-state index in [0.29, 0.717) is 39.4 Å². The number of halogens is 2. The predicted octanol–water partition coefficient (Wildman–Crippen LogP) is 1.95. The van der Waals surface area contributed by atoms with Gasteiger partial charge in [0.25, 0.3) is 0 Å². The number of morpholine rings is 1. The summed E-state index contributed by atoms with van der Waals surface area (Å²) in [7, 11) is 0. The number of carbonyl (C=O) groups excluding carboxylic acids is 1. The van der Waals surface area contributed by atoms with Crippen molar-refractivity contribution in [3.8, 4) is 0 Å². The molecule has 0 aliphatic carbocycles. The lowest BCUT2D eigenvalue weighted by atomic mass is 10.2. The molecule has 0 N–H and O–H groups in total. The van der Waals surface area contributed by atoms with Crippen molar-refractivity contribution in [2.24, 2.45) is 0 Å². The molecule has 2 aliphatic rings. The number of carbonyl (C=O) groups is 1. The van der Waals surface area contributed by atoms with E-state index >= 15 is 0 Å². The van der Waals surface area contributed by atoms with Crippen LogP contribution in [-0.4, -0.2) is 73.5 Å². The van der Waals surface area contributed by atoms with Crippen LogP contribution in [0.15, 0.2) is 36.5 Å². The summed E-state index contributed by atoms with van der Waals surface area (Å²) in [5.74, 6) is -0.559. The van der Waals surface area contributed by atoms with Crippen molar-refractivity contribution in [2.75, 3.05) is 62.3 Å². The fraction of sp³-hybridized carbons (Fsp3) is 0.381. The summed E-state index contributed by atoms with van der Waals surface area (Å²) in [6.45, 7) is 5.31. The molecule has 0 saturated carbocycles. The zero-order chi connectivity index (χ0) is 20.9. The Kier molecular flexibility index (Phi) is 6.18. The molecule has 158 valence electrons. The van der Waals surface area contributed by atoms with Gasteiger partial charge in [0.15, 0.2) is 5.82 Å². The summed E-state index contributed by atoms with van der Waals surface area (Å²) in [6, 6.07) is 5.18. The van der Waals surface area contributed by atoms with E-state index in [-0.39, 0.29) is 11.5 Å². The number of hydrogen-bond donors (Lipinski definition) is 0. The van der Waals surface area contributed by atoms with Gasteiger partial charge in [0.05, 0.1) is 25.1 Å². The standard InChI is InChI=1S/C21H23F2N5O2/c22-17-2-3-19(23)16(13-17)1-4-21(29)28-7-5-27(6-8-28)20-14-18(15-24-25-20)26-9-11-30-12-10-26/h1-4,13-15H,5-12H2/b4-1+. The van der Waals surface area contributed by atoms with E-state index < -0.39 is 11.6 Å². The molecule has 2 saturated heterocycles. The zero-order valence-electron chi connectivity index (χ0n) is 16.5. The Morgan fingerprint density at radius 3 is 2.53 bits per heavy atom. The Hall–Kier alpha value is -3.07. The van der Waals surface area contributed by atoms with Gasteiger partial charge < -0.3 is 19.4 Å². The van der Waals surface area contributed by atoms with E-state index in [1.165, 1.54) is 12.2 Å². The molecule has 0 radical (unpaired) electrons. The molecule has 2 aromatic rings. The molecule has 2 fully saturated rings. The zero-order valence-corrected chi connectivity index (χ0v) is 16.5. The van der Waals surface area contributed by atoms with E-state index in [4.69, 9.17) is 4.74 Å². The average molecular weight is 415 g/mol. The Labute approximate surface area is 173 Å². The van der Waals surface area contributed by atoms with Gasteiger partial charge in [-0.3, -0.25) is 4.79 Å². The molecule has 0 bridgehead atoms. The number of piperazine rings is 1.